The second kappa shape index (κ2) is 17.7. The zero-order chi connectivity index (χ0) is 39.8. The van der Waals surface area contributed by atoms with Crippen molar-refractivity contribution in [2.75, 3.05) is 36.5 Å². The number of nitrogens with one attached hydrogen (secondary N) is 1. The van der Waals surface area contributed by atoms with Crippen LogP contribution in [0.1, 0.15) is 111 Å². The Morgan fingerprint density at radius 1 is 0.944 bits per heavy atom. The normalized spacial score (nSPS) is 13.4. The molecule has 1 fully saturated rings. The molecular formula is C39H55N7O8. The van der Waals surface area contributed by atoms with Gasteiger partial charge in [-0.3, -0.25) is 9.36 Å². The molecule has 15 nitrogen and oxygen atoms in total. The maximum Gasteiger partial charge on any atom is 0.423 e. The first-order valence-corrected chi connectivity index (χ1v) is 18.6. The van der Waals surface area contributed by atoms with Crippen LogP contribution >= 0.6 is 0 Å². The summed E-state index contributed by atoms with van der Waals surface area (Å²) in [7, 11) is 0. The third-order valence-corrected chi connectivity index (χ3v) is 8.46. The number of nitrogens with zero attached hydrogens (tertiary/aromatic N) is 6. The monoisotopic (exact) mass is 749 g/mol. The van der Waals surface area contributed by atoms with E-state index in [1.54, 1.807) is 71.4 Å². The number of pyridine rings is 2. The van der Waals surface area contributed by atoms with Crippen molar-refractivity contribution in [1.29, 1.82) is 0 Å². The molecule has 3 heterocycles. The Balaban J connectivity index is 1.70. The fourth-order valence-electron chi connectivity index (χ4n) is 5.97. The summed E-state index contributed by atoms with van der Waals surface area (Å²) >= 11 is 0. The van der Waals surface area contributed by atoms with Crippen LogP contribution < -0.4 is 15.8 Å². The van der Waals surface area contributed by atoms with E-state index in [1.165, 1.54) is 11.1 Å². The third kappa shape index (κ3) is 10.5. The number of aryl methyl sites for hydroxylation is 1. The van der Waals surface area contributed by atoms with Gasteiger partial charge in [0.05, 0.1) is 37.2 Å². The fourth-order valence-corrected chi connectivity index (χ4v) is 5.97. The van der Waals surface area contributed by atoms with Gasteiger partial charge in [0.2, 0.25) is 5.95 Å². The molecule has 0 unspecified atom stereocenters. The van der Waals surface area contributed by atoms with Crippen molar-refractivity contribution in [2.24, 2.45) is 0 Å². The first-order valence-electron chi connectivity index (χ1n) is 18.6. The number of anilines is 3. The molecule has 1 saturated carbocycles. The van der Waals surface area contributed by atoms with Crippen molar-refractivity contribution in [3.63, 3.8) is 0 Å². The summed E-state index contributed by atoms with van der Waals surface area (Å²) in [6.45, 7) is 20.7. The molecule has 0 spiro atoms. The van der Waals surface area contributed by atoms with Gasteiger partial charge in [-0.1, -0.05) is 32.8 Å². The molecule has 1 N–H and O–H groups in total. The lowest BCUT2D eigenvalue weighted by Gasteiger charge is -2.26. The molecule has 3 aromatic rings. The molecule has 0 bridgehead atoms. The van der Waals surface area contributed by atoms with Gasteiger partial charge < -0.3 is 24.3 Å². The van der Waals surface area contributed by atoms with Crippen molar-refractivity contribution in [1.82, 2.24) is 24.4 Å². The summed E-state index contributed by atoms with van der Waals surface area (Å²) in [5, 5.41) is 3.77. The smallest absolute Gasteiger partial charge is 0.423 e. The minimum Gasteiger partial charge on any atom is -0.493 e. The number of hydrogen-bond acceptors (Lipinski definition) is 12. The molecule has 1 aliphatic carbocycles. The van der Waals surface area contributed by atoms with Crippen LogP contribution in [0.5, 0.6) is 0 Å². The minimum atomic E-state index is -0.859. The molecule has 0 aliphatic heterocycles. The predicted octanol–water partition coefficient (Wildman–Crippen LogP) is 8.28. The van der Waals surface area contributed by atoms with E-state index in [2.05, 4.69) is 28.8 Å². The molecule has 3 aromatic heterocycles. The average Bonchev–Trinajstić information content (AvgIpc) is 3.60. The highest BCUT2D eigenvalue weighted by molar-refractivity contribution is 5.94. The van der Waals surface area contributed by atoms with Crippen molar-refractivity contribution >= 4 is 52.5 Å². The summed E-state index contributed by atoms with van der Waals surface area (Å²) in [5.41, 5.74) is 0.0516. The van der Waals surface area contributed by atoms with Crippen LogP contribution in [-0.4, -0.2) is 80.2 Å². The number of ether oxygens (including phenoxy) is 4. The number of fused-ring (bicyclic) bond motifs is 1. The summed E-state index contributed by atoms with van der Waals surface area (Å²) in [6.07, 6.45) is 6.03. The number of imide groups is 1. The second-order valence-electron chi connectivity index (χ2n) is 15.1. The molecule has 15 heteroatoms. The second-order valence-corrected chi connectivity index (χ2v) is 15.1. The highest BCUT2D eigenvalue weighted by Gasteiger charge is 2.32. The quantitative estimate of drug-likeness (QED) is 0.101. The molecule has 0 aromatic carbocycles. The highest BCUT2D eigenvalue weighted by Crippen LogP contribution is 2.34. The molecule has 1 aliphatic rings. The molecule has 294 valence electrons. The maximum atomic E-state index is 14.3. The van der Waals surface area contributed by atoms with E-state index in [-0.39, 0.29) is 43.1 Å². The summed E-state index contributed by atoms with van der Waals surface area (Å²) in [5.74, 6) is 0.455. The van der Waals surface area contributed by atoms with E-state index < -0.39 is 29.5 Å². The number of rotatable bonds is 13. The lowest BCUT2D eigenvalue weighted by Crippen LogP contribution is -2.43. The topological polar surface area (TPSA) is 167 Å². The number of carbonyl (C=O) groups excluding carboxylic acids is 3. The van der Waals surface area contributed by atoms with E-state index in [1.807, 2.05) is 6.92 Å². The van der Waals surface area contributed by atoms with Gasteiger partial charge in [-0.15, -0.1) is 0 Å². The van der Waals surface area contributed by atoms with Crippen LogP contribution in [0, 0.1) is 6.92 Å². The molecule has 4 rings (SSSR count). The van der Waals surface area contributed by atoms with Crippen LogP contribution in [0.2, 0.25) is 0 Å². The van der Waals surface area contributed by atoms with Crippen LogP contribution in [0.15, 0.2) is 35.9 Å². The van der Waals surface area contributed by atoms with Crippen molar-refractivity contribution in [3.05, 3.63) is 52.6 Å². The van der Waals surface area contributed by atoms with Crippen molar-refractivity contribution < 1.29 is 33.3 Å². The lowest BCUT2D eigenvalue weighted by molar-refractivity contribution is 0.0233. The predicted molar refractivity (Wildman–Crippen MR) is 207 cm³/mol. The molecule has 0 atom stereocenters. The van der Waals surface area contributed by atoms with E-state index in [0.29, 0.717) is 40.2 Å². The van der Waals surface area contributed by atoms with Gasteiger partial charge in [-0.2, -0.15) is 9.88 Å². The first-order chi connectivity index (χ1) is 25.5. The zero-order valence-electron chi connectivity index (χ0n) is 33.1. The number of amides is 3. The van der Waals surface area contributed by atoms with Crippen LogP contribution in [-0.2, 0) is 18.9 Å². The van der Waals surface area contributed by atoms with E-state index in [9.17, 15) is 19.2 Å². The Hall–Kier alpha value is -5.21. The SMILES string of the molecule is C=C(OCCCC)c1c(C)c2cnc(N(C(=O)OC(C)(C)C)c3ccc(NCCN(C(=O)OCC)C(=O)OC(C)(C)C)cn3)nc2n(C2CCCC2)c1=O. The fraction of sp³-hybridized carbons (Fsp3) is 0.564. The van der Waals surface area contributed by atoms with Gasteiger partial charge in [0.15, 0.2) is 0 Å². The third-order valence-electron chi connectivity index (χ3n) is 8.46. The summed E-state index contributed by atoms with van der Waals surface area (Å²) in [6, 6.07) is 3.17. The maximum absolute atomic E-state index is 14.3. The van der Waals surface area contributed by atoms with E-state index in [4.69, 9.17) is 23.9 Å². The van der Waals surface area contributed by atoms with Gasteiger partial charge in [0, 0.05) is 24.2 Å². The molecule has 3 amide bonds. The number of carbonyl (C=O) groups is 3. The molecular weight excluding hydrogens is 694 g/mol. The Kier molecular flexibility index (Phi) is 13.7. The molecule has 0 radical (unpaired) electrons. The first kappa shape index (κ1) is 41.5. The Morgan fingerprint density at radius 2 is 1.61 bits per heavy atom. The standard InChI is InChI=1S/C39H55N7O8/c1-11-13-22-52-26(4)31-25(3)29-24-42-34(43-32(29)45(33(31)47)28-16-14-15-17-28)46(37(50)54-39(8,9)10)30-19-18-27(23-41-30)40-20-21-44(35(48)51-12-2)36(49)53-38(5,6)7/h18-19,23-24,28,40H,4,11-17,20-22H2,1-3,5-10H3. The van der Waals surface area contributed by atoms with Gasteiger partial charge in [-0.25, -0.2) is 29.3 Å². The highest BCUT2D eigenvalue weighted by atomic mass is 16.6. The van der Waals surface area contributed by atoms with Gasteiger partial charge >= 0.3 is 18.3 Å². The van der Waals surface area contributed by atoms with Crippen LogP contribution in [0.25, 0.3) is 16.8 Å². The average molecular weight is 750 g/mol. The lowest BCUT2D eigenvalue weighted by atomic mass is 10.0. The van der Waals surface area contributed by atoms with Crippen LogP contribution in [0.4, 0.5) is 31.8 Å². The van der Waals surface area contributed by atoms with Gasteiger partial charge in [-0.05, 0) is 92.3 Å². The number of hydrogen-bond donors (Lipinski definition) is 1. The van der Waals surface area contributed by atoms with E-state index >= 15 is 0 Å². The number of unbranched alkanes of at least 4 members (excludes halogenated alkanes) is 1. The van der Waals surface area contributed by atoms with Crippen molar-refractivity contribution in [3.8, 4) is 0 Å². The van der Waals surface area contributed by atoms with Gasteiger partial charge in [0.1, 0.15) is 28.4 Å². The Labute approximate surface area is 317 Å². The van der Waals surface area contributed by atoms with Gasteiger partial charge in [0.25, 0.3) is 5.56 Å². The molecule has 54 heavy (non-hydrogen) atoms. The Bertz CT molecular complexity index is 1870. The summed E-state index contributed by atoms with van der Waals surface area (Å²) < 4.78 is 23.8. The van der Waals surface area contributed by atoms with Crippen LogP contribution in [0.3, 0.4) is 0 Å². The summed E-state index contributed by atoms with van der Waals surface area (Å²) in [4.78, 5) is 69.4. The number of aromatic nitrogens is 4. The largest absolute Gasteiger partial charge is 0.493 e. The minimum absolute atomic E-state index is 0.0243. The van der Waals surface area contributed by atoms with Crippen molar-refractivity contribution in [2.45, 2.75) is 118 Å². The van der Waals surface area contributed by atoms with E-state index in [0.717, 1.165) is 43.4 Å². The molecule has 0 saturated heterocycles. The Morgan fingerprint density at radius 3 is 2.20 bits per heavy atom. The zero-order valence-corrected chi connectivity index (χ0v) is 33.1.